The van der Waals surface area contributed by atoms with Crippen molar-refractivity contribution in [2.24, 2.45) is 0 Å². The van der Waals surface area contributed by atoms with Gasteiger partial charge < -0.3 is 9.80 Å². The molecule has 2 fully saturated rings. The number of sulfonamides is 1. The maximum Gasteiger partial charge on any atom is 0.243 e. The highest BCUT2D eigenvalue weighted by Gasteiger charge is 2.30. The number of rotatable bonds is 7. The molecule has 0 aliphatic carbocycles. The molecule has 2 heterocycles. The van der Waals surface area contributed by atoms with Gasteiger partial charge in [0, 0.05) is 52.1 Å². The van der Waals surface area contributed by atoms with Crippen LogP contribution in [0.5, 0.6) is 0 Å². The second-order valence-electron chi connectivity index (χ2n) is 7.90. The summed E-state index contributed by atoms with van der Waals surface area (Å²) < 4.78 is 27.3. The van der Waals surface area contributed by atoms with E-state index in [2.05, 4.69) is 13.8 Å². The van der Waals surface area contributed by atoms with Gasteiger partial charge in [0.1, 0.15) is 0 Å². The van der Waals surface area contributed by atoms with E-state index in [-0.39, 0.29) is 11.8 Å². The van der Waals surface area contributed by atoms with Crippen LogP contribution in [0.25, 0.3) is 0 Å². The van der Waals surface area contributed by atoms with Crippen molar-refractivity contribution in [1.29, 1.82) is 0 Å². The number of nitrogens with zero attached hydrogens (tertiary/aromatic N) is 3. The summed E-state index contributed by atoms with van der Waals surface area (Å²) in [5.74, 6) is 0.505. The molecule has 29 heavy (non-hydrogen) atoms. The molecule has 3 rings (SSSR count). The second-order valence-corrected chi connectivity index (χ2v) is 9.84. The molecule has 0 saturated carbocycles. The van der Waals surface area contributed by atoms with Gasteiger partial charge in [-0.25, -0.2) is 8.42 Å². The number of carbonyl (C=O) groups is 2. The van der Waals surface area contributed by atoms with Gasteiger partial charge in [0.2, 0.25) is 21.8 Å². The van der Waals surface area contributed by atoms with Crippen LogP contribution in [0.3, 0.4) is 0 Å². The van der Waals surface area contributed by atoms with Crippen LogP contribution in [-0.2, 0) is 19.6 Å². The summed E-state index contributed by atoms with van der Waals surface area (Å²) in [5.41, 5.74) is 1.14. The molecule has 8 heteroatoms. The molecule has 1 unspecified atom stereocenters. The Balaban J connectivity index is 1.53. The third kappa shape index (κ3) is 4.98. The number of amides is 2. The van der Waals surface area contributed by atoms with Gasteiger partial charge in [-0.05, 0) is 36.5 Å². The van der Waals surface area contributed by atoms with E-state index in [0.29, 0.717) is 56.4 Å². The molecule has 160 valence electrons. The zero-order valence-electron chi connectivity index (χ0n) is 17.3. The van der Waals surface area contributed by atoms with Crippen molar-refractivity contribution in [2.45, 2.75) is 50.3 Å². The minimum Gasteiger partial charge on any atom is -0.342 e. The van der Waals surface area contributed by atoms with Crippen LogP contribution in [0.2, 0.25) is 0 Å². The van der Waals surface area contributed by atoms with E-state index in [1.54, 1.807) is 21.9 Å². The average molecular weight is 422 g/mol. The highest BCUT2D eigenvalue weighted by Crippen LogP contribution is 2.23. The Bertz CT molecular complexity index is 830. The van der Waals surface area contributed by atoms with Crippen LogP contribution in [0.15, 0.2) is 29.2 Å². The summed E-state index contributed by atoms with van der Waals surface area (Å²) in [5, 5.41) is 0. The summed E-state index contributed by atoms with van der Waals surface area (Å²) >= 11 is 0. The number of hydrogen-bond acceptors (Lipinski definition) is 4. The van der Waals surface area contributed by atoms with Gasteiger partial charge in [-0.1, -0.05) is 26.0 Å². The van der Waals surface area contributed by atoms with Crippen molar-refractivity contribution in [1.82, 2.24) is 14.1 Å². The van der Waals surface area contributed by atoms with Crippen LogP contribution in [0, 0.1) is 0 Å². The predicted molar refractivity (Wildman–Crippen MR) is 111 cm³/mol. The van der Waals surface area contributed by atoms with Crippen molar-refractivity contribution >= 4 is 21.8 Å². The van der Waals surface area contributed by atoms with Gasteiger partial charge in [-0.3, -0.25) is 9.59 Å². The normalized spacial score (nSPS) is 19.6. The van der Waals surface area contributed by atoms with Gasteiger partial charge in [-0.15, -0.1) is 0 Å². The fourth-order valence-electron chi connectivity index (χ4n) is 3.86. The molecule has 0 bridgehead atoms. The average Bonchev–Trinajstić information content (AvgIpc) is 3.16. The molecule has 2 amide bonds. The smallest absolute Gasteiger partial charge is 0.243 e. The van der Waals surface area contributed by atoms with E-state index < -0.39 is 10.0 Å². The Morgan fingerprint density at radius 3 is 2.28 bits per heavy atom. The first kappa shape index (κ1) is 21.8. The molecular formula is C21H31N3O4S. The van der Waals surface area contributed by atoms with E-state index in [1.165, 1.54) is 4.31 Å². The van der Waals surface area contributed by atoms with Crippen molar-refractivity contribution in [3.63, 3.8) is 0 Å². The number of hydrogen-bond donors (Lipinski definition) is 0. The summed E-state index contributed by atoms with van der Waals surface area (Å²) in [6.45, 7) is 6.78. The predicted octanol–water partition coefficient (Wildman–Crippen LogP) is 2.05. The molecule has 1 atom stereocenters. The number of likely N-dealkylation sites (tertiary alicyclic amines) is 1. The molecule has 2 aliphatic rings. The van der Waals surface area contributed by atoms with Crippen molar-refractivity contribution in [3.8, 4) is 0 Å². The number of benzene rings is 1. The Morgan fingerprint density at radius 2 is 1.72 bits per heavy atom. The molecule has 2 saturated heterocycles. The fraction of sp³-hybridized carbons (Fsp3) is 0.619. The number of piperazine rings is 1. The Labute approximate surface area is 173 Å². The van der Waals surface area contributed by atoms with E-state index in [4.69, 9.17) is 0 Å². The maximum atomic E-state index is 12.9. The Morgan fingerprint density at radius 1 is 1.07 bits per heavy atom. The molecule has 1 aromatic carbocycles. The Hall–Kier alpha value is -1.93. The molecule has 0 aromatic heterocycles. The van der Waals surface area contributed by atoms with Crippen LogP contribution in [0.1, 0.15) is 51.0 Å². The van der Waals surface area contributed by atoms with E-state index in [9.17, 15) is 18.0 Å². The van der Waals surface area contributed by atoms with Crippen LogP contribution < -0.4 is 0 Å². The molecular weight excluding hydrogens is 390 g/mol. The first-order chi connectivity index (χ1) is 13.8. The topological polar surface area (TPSA) is 78.0 Å². The lowest BCUT2D eigenvalue weighted by molar-refractivity contribution is -0.133. The van der Waals surface area contributed by atoms with Crippen LogP contribution >= 0.6 is 0 Å². The molecule has 2 aliphatic heterocycles. The highest BCUT2D eigenvalue weighted by atomic mass is 32.2. The molecule has 0 spiro atoms. The Kier molecular flexibility index (Phi) is 6.95. The zero-order chi connectivity index (χ0) is 21.0. The minimum atomic E-state index is -3.55. The van der Waals surface area contributed by atoms with E-state index >= 15 is 0 Å². The largest absolute Gasteiger partial charge is 0.342 e. The van der Waals surface area contributed by atoms with Crippen molar-refractivity contribution in [3.05, 3.63) is 29.8 Å². The quantitative estimate of drug-likeness (QED) is 0.675. The van der Waals surface area contributed by atoms with Crippen LogP contribution in [0.4, 0.5) is 0 Å². The third-order valence-corrected chi connectivity index (χ3v) is 7.97. The van der Waals surface area contributed by atoms with E-state index in [1.807, 2.05) is 12.1 Å². The van der Waals surface area contributed by atoms with Crippen molar-refractivity contribution < 1.29 is 18.0 Å². The van der Waals surface area contributed by atoms with Crippen molar-refractivity contribution in [2.75, 3.05) is 39.3 Å². The SMILES string of the molecule is CCC(C)c1ccc(S(=O)(=O)N2CCN(C(=O)CCN3CCCC3=O)CC2)cc1. The van der Waals surface area contributed by atoms with Gasteiger partial charge in [0.05, 0.1) is 4.90 Å². The summed E-state index contributed by atoms with van der Waals surface area (Å²) in [6, 6.07) is 7.14. The molecule has 0 N–H and O–H groups in total. The number of carbonyl (C=O) groups excluding carboxylic acids is 2. The molecule has 7 nitrogen and oxygen atoms in total. The lowest BCUT2D eigenvalue weighted by Crippen LogP contribution is -2.50. The fourth-order valence-corrected chi connectivity index (χ4v) is 5.28. The summed E-state index contributed by atoms with van der Waals surface area (Å²) in [4.78, 5) is 27.8. The third-order valence-electron chi connectivity index (χ3n) is 6.06. The molecule has 0 radical (unpaired) electrons. The zero-order valence-corrected chi connectivity index (χ0v) is 18.2. The van der Waals surface area contributed by atoms with Gasteiger partial charge in [0.15, 0.2) is 0 Å². The standard InChI is InChI=1S/C21H31N3O4S/c1-3-17(2)18-6-8-19(9-7-18)29(27,28)24-15-13-23(14-16-24)21(26)10-12-22-11-4-5-20(22)25/h6-9,17H,3-5,10-16H2,1-2H3. The highest BCUT2D eigenvalue weighted by molar-refractivity contribution is 7.89. The molecule has 1 aromatic rings. The van der Waals surface area contributed by atoms with Gasteiger partial charge in [0.25, 0.3) is 0 Å². The van der Waals surface area contributed by atoms with Crippen LogP contribution in [-0.4, -0.2) is 73.6 Å². The first-order valence-corrected chi connectivity index (χ1v) is 11.9. The van der Waals surface area contributed by atoms with Gasteiger partial charge >= 0.3 is 0 Å². The van der Waals surface area contributed by atoms with Gasteiger partial charge in [-0.2, -0.15) is 4.31 Å². The lowest BCUT2D eigenvalue weighted by Gasteiger charge is -2.34. The van der Waals surface area contributed by atoms with E-state index in [0.717, 1.165) is 24.9 Å². The maximum absolute atomic E-state index is 12.9. The monoisotopic (exact) mass is 421 g/mol. The lowest BCUT2D eigenvalue weighted by atomic mass is 9.99. The summed E-state index contributed by atoms with van der Waals surface area (Å²) in [6.07, 6.45) is 2.74. The second kappa shape index (κ2) is 9.26. The summed E-state index contributed by atoms with van der Waals surface area (Å²) in [7, 11) is -3.55. The first-order valence-electron chi connectivity index (χ1n) is 10.5. The minimum absolute atomic E-state index is 0.0142.